The molecule has 2 heterocycles. The molecule has 1 aliphatic heterocycles. The summed E-state index contributed by atoms with van der Waals surface area (Å²) >= 11 is 1.50. The molecule has 240 valence electrons. The zero-order chi connectivity index (χ0) is 33.0. The Labute approximate surface area is 268 Å². The van der Waals surface area contributed by atoms with Crippen LogP contribution >= 0.6 is 11.8 Å². The summed E-state index contributed by atoms with van der Waals surface area (Å²) in [5.74, 6) is 0.413. The predicted molar refractivity (Wildman–Crippen MR) is 173 cm³/mol. The van der Waals surface area contributed by atoms with Crippen LogP contribution in [0.15, 0.2) is 84.2 Å². The van der Waals surface area contributed by atoms with Crippen LogP contribution in [0.3, 0.4) is 0 Å². The topological polar surface area (TPSA) is 84.6 Å². The first kappa shape index (κ1) is 32.7. The SMILES string of the molecule is Cc1cccc(N2/C(=N/C(=O)N/C=C(\F)c3ccc(-c4ncn(-c5ccc(OC(F)(F)F)cc5)n4)cc3)SCCC2C)c1C(C)C. The van der Waals surface area contributed by atoms with Crippen molar-refractivity contribution in [2.24, 2.45) is 4.99 Å². The van der Waals surface area contributed by atoms with Gasteiger partial charge in [-0.25, -0.2) is 18.9 Å². The van der Waals surface area contributed by atoms with Gasteiger partial charge in [0.15, 0.2) is 11.0 Å². The van der Waals surface area contributed by atoms with E-state index in [1.165, 1.54) is 70.3 Å². The third-order valence-corrected chi connectivity index (χ3v) is 8.30. The second-order valence-electron chi connectivity index (χ2n) is 11.0. The van der Waals surface area contributed by atoms with Crippen molar-refractivity contribution in [2.45, 2.75) is 52.4 Å². The maximum atomic E-state index is 15.0. The molecule has 0 spiro atoms. The molecule has 13 heteroatoms. The van der Waals surface area contributed by atoms with Gasteiger partial charge in [-0.3, -0.25) is 0 Å². The summed E-state index contributed by atoms with van der Waals surface area (Å²) in [5, 5.41) is 7.37. The number of amidine groups is 1. The van der Waals surface area contributed by atoms with E-state index in [4.69, 9.17) is 0 Å². The zero-order valence-corrected chi connectivity index (χ0v) is 26.4. The average molecular weight is 653 g/mol. The summed E-state index contributed by atoms with van der Waals surface area (Å²) in [6.45, 7) is 8.47. The summed E-state index contributed by atoms with van der Waals surface area (Å²) in [7, 11) is 0. The first-order valence-electron chi connectivity index (χ1n) is 14.5. The molecule has 1 saturated heterocycles. The first-order chi connectivity index (χ1) is 21.9. The first-order valence-corrected chi connectivity index (χ1v) is 15.5. The van der Waals surface area contributed by atoms with Crippen molar-refractivity contribution < 1.29 is 27.1 Å². The van der Waals surface area contributed by atoms with Crippen LogP contribution in [0.1, 0.15) is 49.8 Å². The van der Waals surface area contributed by atoms with E-state index in [0.29, 0.717) is 22.2 Å². The Morgan fingerprint density at radius 1 is 1.11 bits per heavy atom. The molecule has 5 rings (SSSR count). The number of rotatable bonds is 7. The molecule has 0 bridgehead atoms. The van der Waals surface area contributed by atoms with Gasteiger partial charge in [0.05, 0.1) is 5.69 Å². The fourth-order valence-corrected chi connectivity index (χ4v) is 6.39. The molecule has 46 heavy (non-hydrogen) atoms. The molecule has 0 saturated carbocycles. The van der Waals surface area contributed by atoms with Gasteiger partial charge in [0.2, 0.25) is 0 Å². The van der Waals surface area contributed by atoms with Gasteiger partial charge in [0.1, 0.15) is 17.9 Å². The Morgan fingerprint density at radius 3 is 2.50 bits per heavy atom. The van der Waals surface area contributed by atoms with Gasteiger partial charge in [-0.1, -0.05) is 62.0 Å². The molecular weight excluding hydrogens is 620 g/mol. The lowest BCUT2D eigenvalue weighted by molar-refractivity contribution is -0.274. The highest BCUT2D eigenvalue weighted by atomic mass is 32.2. The molecule has 0 aliphatic carbocycles. The van der Waals surface area contributed by atoms with Crippen LogP contribution in [0.5, 0.6) is 5.75 Å². The number of anilines is 1. The Kier molecular flexibility index (Phi) is 9.80. The van der Waals surface area contributed by atoms with Crippen molar-refractivity contribution in [3.05, 3.63) is 95.9 Å². The molecule has 1 fully saturated rings. The number of nitrogens with one attached hydrogen (secondary N) is 1. The normalized spacial score (nSPS) is 16.6. The van der Waals surface area contributed by atoms with E-state index in [2.05, 4.69) is 69.9 Å². The quantitative estimate of drug-likeness (QED) is 0.201. The van der Waals surface area contributed by atoms with Crippen molar-refractivity contribution in [3.63, 3.8) is 0 Å². The molecular formula is C33H32F4N6O2S. The van der Waals surface area contributed by atoms with Gasteiger partial charge >= 0.3 is 12.4 Å². The molecule has 1 unspecified atom stereocenters. The third kappa shape index (κ3) is 7.76. The molecule has 1 atom stereocenters. The number of alkyl halides is 3. The zero-order valence-electron chi connectivity index (χ0n) is 25.5. The molecule has 2 amide bonds. The summed E-state index contributed by atoms with van der Waals surface area (Å²) < 4.78 is 57.6. The number of carbonyl (C=O) groups excluding carboxylic acids is 1. The number of aromatic nitrogens is 3. The van der Waals surface area contributed by atoms with Crippen LogP contribution in [-0.4, -0.2) is 44.1 Å². The molecule has 0 radical (unpaired) electrons. The van der Waals surface area contributed by atoms with Crippen LogP contribution in [-0.2, 0) is 0 Å². The smallest absolute Gasteiger partial charge is 0.406 e. The number of halogens is 4. The second kappa shape index (κ2) is 13.8. The largest absolute Gasteiger partial charge is 0.573 e. The van der Waals surface area contributed by atoms with Crippen molar-refractivity contribution in [2.75, 3.05) is 10.7 Å². The minimum atomic E-state index is -4.78. The molecule has 4 aromatic rings. The van der Waals surface area contributed by atoms with Crippen molar-refractivity contribution >= 4 is 34.5 Å². The number of hydrogen-bond acceptors (Lipinski definition) is 5. The number of urea groups is 1. The highest BCUT2D eigenvalue weighted by molar-refractivity contribution is 8.14. The highest BCUT2D eigenvalue weighted by Crippen LogP contribution is 2.36. The second-order valence-corrected chi connectivity index (χ2v) is 12.0. The molecule has 3 aromatic carbocycles. The van der Waals surface area contributed by atoms with E-state index in [9.17, 15) is 18.0 Å². The number of benzene rings is 3. The maximum absolute atomic E-state index is 15.0. The summed E-state index contributed by atoms with van der Waals surface area (Å²) in [4.78, 5) is 23.5. The predicted octanol–water partition coefficient (Wildman–Crippen LogP) is 8.63. The number of hydrogen-bond donors (Lipinski definition) is 1. The van der Waals surface area contributed by atoms with Crippen LogP contribution in [0.25, 0.3) is 22.9 Å². The molecule has 1 N–H and O–H groups in total. The summed E-state index contributed by atoms with van der Waals surface area (Å²) in [5.41, 5.74) is 4.68. The van der Waals surface area contributed by atoms with Crippen LogP contribution in [0, 0.1) is 6.92 Å². The van der Waals surface area contributed by atoms with Crippen LogP contribution < -0.4 is 15.0 Å². The standard InChI is InChI=1S/C33H32F4N6O2S/c1-20(2)29-21(3)6-5-7-28(29)43-22(4)16-17-46-32(43)40-31(44)38-18-27(34)23-8-10-24(11-9-23)30-39-19-42(41-30)25-12-14-26(15-13-25)45-33(35,36)37/h5-15,18-20,22H,16-17H2,1-4H3,(H,38,44)/b27-18-,40-32-. The van der Waals surface area contributed by atoms with E-state index >= 15 is 4.39 Å². The van der Waals surface area contributed by atoms with Crippen LogP contribution in [0.4, 0.5) is 28.0 Å². The fraction of sp³-hybridized carbons (Fsp3) is 0.273. The highest BCUT2D eigenvalue weighted by Gasteiger charge is 2.31. The van der Waals surface area contributed by atoms with E-state index in [1.807, 2.05) is 6.07 Å². The van der Waals surface area contributed by atoms with E-state index < -0.39 is 18.2 Å². The van der Waals surface area contributed by atoms with Gasteiger partial charge in [0.25, 0.3) is 0 Å². The Morgan fingerprint density at radius 2 is 1.83 bits per heavy atom. The van der Waals surface area contributed by atoms with Gasteiger partial charge in [0, 0.05) is 34.8 Å². The number of carbonyl (C=O) groups is 1. The van der Waals surface area contributed by atoms with Gasteiger partial charge in [-0.05, 0) is 67.6 Å². The monoisotopic (exact) mass is 652 g/mol. The number of amides is 2. The minimum absolute atomic E-state index is 0.136. The third-order valence-electron chi connectivity index (χ3n) is 7.32. The lowest BCUT2D eigenvalue weighted by Gasteiger charge is -2.37. The fourth-order valence-electron chi connectivity index (χ4n) is 5.19. The van der Waals surface area contributed by atoms with Gasteiger partial charge < -0.3 is 15.0 Å². The van der Waals surface area contributed by atoms with Crippen molar-refractivity contribution in [1.29, 1.82) is 0 Å². The minimum Gasteiger partial charge on any atom is -0.406 e. The maximum Gasteiger partial charge on any atom is 0.573 e. The van der Waals surface area contributed by atoms with Crippen molar-refractivity contribution in [3.8, 4) is 22.8 Å². The van der Waals surface area contributed by atoms with Crippen LogP contribution in [0.2, 0.25) is 0 Å². The lowest BCUT2D eigenvalue weighted by Crippen LogP contribution is -2.42. The summed E-state index contributed by atoms with van der Waals surface area (Å²) in [6, 6.07) is 17.1. The molecule has 1 aromatic heterocycles. The van der Waals surface area contributed by atoms with Gasteiger partial charge in [-0.15, -0.1) is 18.3 Å². The lowest BCUT2D eigenvalue weighted by atomic mass is 9.95. The summed E-state index contributed by atoms with van der Waals surface area (Å²) in [6.07, 6.45) is -1.45. The number of aliphatic imine (C=N–C) groups is 1. The van der Waals surface area contributed by atoms with E-state index in [1.54, 1.807) is 12.1 Å². The Hall–Kier alpha value is -4.65. The average Bonchev–Trinajstić information content (AvgIpc) is 3.50. The molecule has 1 aliphatic rings. The van der Waals surface area contributed by atoms with Gasteiger partial charge in [-0.2, -0.15) is 4.99 Å². The number of aryl methyl sites for hydroxylation is 1. The Balaban J connectivity index is 1.26. The molecule has 8 nitrogen and oxygen atoms in total. The number of nitrogens with zero attached hydrogens (tertiary/aromatic N) is 5. The van der Waals surface area contributed by atoms with E-state index in [-0.39, 0.29) is 23.3 Å². The van der Waals surface area contributed by atoms with Crippen molar-refractivity contribution in [1.82, 2.24) is 20.1 Å². The Bertz CT molecular complexity index is 1750. The van der Waals surface area contributed by atoms with E-state index in [0.717, 1.165) is 24.1 Å². The number of thioether (sulfide) groups is 1. The number of ether oxygens (including phenoxy) is 1.